The maximum atomic E-state index is 12.6. The number of carbonyl (C=O) groups is 2. The summed E-state index contributed by atoms with van der Waals surface area (Å²) in [4.78, 5) is 26.6. The fraction of sp³-hybridized carbons (Fsp3) is 0.471. The van der Waals surface area contributed by atoms with E-state index in [1.165, 1.54) is 6.26 Å². The SMILES string of the molecule is CC(C)n1nccc1NC(=O)[C@@H]1CCCN(C(=O)c2ccco2)C1. The van der Waals surface area contributed by atoms with E-state index >= 15 is 0 Å². The second-order valence-corrected chi connectivity index (χ2v) is 6.31. The first kappa shape index (κ1) is 16.3. The molecule has 0 radical (unpaired) electrons. The number of nitrogens with one attached hydrogen (secondary N) is 1. The summed E-state index contributed by atoms with van der Waals surface area (Å²) < 4.78 is 6.94. The molecule has 3 rings (SSSR count). The first-order valence-corrected chi connectivity index (χ1v) is 8.23. The molecule has 1 aliphatic rings. The molecule has 0 bridgehead atoms. The number of hydrogen-bond acceptors (Lipinski definition) is 4. The smallest absolute Gasteiger partial charge is 0.289 e. The van der Waals surface area contributed by atoms with Crippen LogP contribution in [-0.2, 0) is 4.79 Å². The fourth-order valence-corrected chi connectivity index (χ4v) is 2.98. The van der Waals surface area contributed by atoms with Gasteiger partial charge in [0.05, 0.1) is 18.4 Å². The lowest BCUT2D eigenvalue weighted by Crippen LogP contribution is -2.43. The minimum Gasteiger partial charge on any atom is -0.459 e. The van der Waals surface area contributed by atoms with Crippen molar-refractivity contribution < 1.29 is 14.0 Å². The summed E-state index contributed by atoms with van der Waals surface area (Å²) in [6.45, 7) is 5.06. The Bertz CT molecular complexity index is 705. The van der Waals surface area contributed by atoms with Crippen LogP contribution in [0.3, 0.4) is 0 Å². The zero-order valence-electron chi connectivity index (χ0n) is 13.9. The maximum Gasteiger partial charge on any atom is 0.289 e. The Kier molecular flexibility index (Phi) is 4.69. The Morgan fingerprint density at radius 1 is 1.38 bits per heavy atom. The van der Waals surface area contributed by atoms with Gasteiger partial charge in [-0.05, 0) is 38.8 Å². The average Bonchev–Trinajstić information content (AvgIpc) is 3.25. The number of hydrogen-bond donors (Lipinski definition) is 1. The number of carbonyl (C=O) groups excluding carboxylic acids is 2. The molecule has 24 heavy (non-hydrogen) atoms. The van der Waals surface area contributed by atoms with Gasteiger partial charge in [0.1, 0.15) is 5.82 Å². The van der Waals surface area contributed by atoms with Crippen molar-refractivity contribution in [2.75, 3.05) is 18.4 Å². The molecule has 2 aromatic heterocycles. The highest BCUT2D eigenvalue weighted by Gasteiger charge is 2.30. The molecule has 0 spiro atoms. The van der Waals surface area contributed by atoms with E-state index in [4.69, 9.17) is 4.42 Å². The van der Waals surface area contributed by atoms with Gasteiger partial charge in [-0.1, -0.05) is 0 Å². The highest BCUT2D eigenvalue weighted by molar-refractivity contribution is 5.94. The van der Waals surface area contributed by atoms with Crippen LogP contribution in [0.25, 0.3) is 0 Å². The Hall–Kier alpha value is -2.57. The highest BCUT2D eigenvalue weighted by atomic mass is 16.3. The molecule has 0 saturated carbocycles. The van der Waals surface area contributed by atoms with E-state index in [0.29, 0.717) is 24.7 Å². The van der Waals surface area contributed by atoms with Gasteiger partial charge < -0.3 is 14.6 Å². The Labute approximate surface area is 140 Å². The third-order valence-electron chi connectivity index (χ3n) is 4.22. The molecule has 2 aromatic rings. The second kappa shape index (κ2) is 6.90. The predicted octanol–water partition coefficient (Wildman–Crippen LogP) is 2.55. The standard InChI is InChI=1S/C17H22N4O3/c1-12(2)21-15(7-8-18-21)19-16(22)13-5-3-9-20(11-13)17(23)14-6-4-10-24-14/h4,6-8,10,12-13H,3,5,9,11H2,1-2H3,(H,19,22)/t13-/m1/s1. The molecule has 1 atom stereocenters. The molecule has 1 aliphatic heterocycles. The van der Waals surface area contributed by atoms with Crippen molar-refractivity contribution in [1.82, 2.24) is 14.7 Å². The molecule has 0 unspecified atom stereocenters. The Morgan fingerprint density at radius 2 is 2.21 bits per heavy atom. The quantitative estimate of drug-likeness (QED) is 0.934. The van der Waals surface area contributed by atoms with Crippen LogP contribution in [0, 0.1) is 5.92 Å². The van der Waals surface area contributed by atoms with Gasteiger partial charge in [0.25, 0.3) is 5.91 Å². The zero-order chi connectivity index (χ0) is 17.1. The number of anilines is 1. The van der Waals surface area contributed by atoms with Crippen molar-refractivity contribution in [3.05, 3.63) is 36.4 Å². The van der Waals surface area contributed by atoms with E-state index < -0.39 is 0 Å². The van der Waals surface area contributed by atoms with E-state index in [1.54, 1.807) is 34.0 Å². The van der Waals surface area contributed by atoms with E-state index in [0.717, 1.165) is 12.8 Å². The second-order valence-electron chi connectivity index (χ2n) is 6.31. The van der Waals surface area contributed by atoms with Gasteiger partial charge in [0.2, 0.25) is 5.91 Å². The van der Waals surface area contributed by atoms with Crippen LogP contribution in [0.4, 0.5) is 5.82 Å². The van der Waals surface area contributed by atoms with Crippen molar-refractivity contribution in [2.45, 2.75) is 32.7 Å². The number of piperidine rings is 1. The number of likely N-dealkylation sites (tertiary alicyclic amines) is 1. The lowest BCUT2D eigenvalue weighted by Gasteiger charge is -2.31. The molecule has 1 N–H and O–H groups in total. The molecular weight excluding hydrogens is 308 g/mol. The number of amides is 2. The zero-order valence-corrected chi connectivity index (χ0v) is 13.9. The number of furan rings is 1. The normalized spacial score (nSPS) is 18.0. The minimum atomic E-state index is -0.229. The van der Waals surface area contributed by atoms with E-state index in [-0.39, 0.29) is 23.8 Å². The van der Waals surface area contributed by atoms with Crippen LogP contribution in [-0.4, -0.2) is 39.6 Å². The minimum absolute atomic E-state index is 0.0747. The summed E-state index contributed by atoms with van der Waals surface area (Å²) in [5.41, 5.74) is 0. The third kappa shape index (κ3) is 3.34. The van der Waals surface area contributed by atoms with E-state index in [9.17, 15) is 9.59 Å². The maximum absolute atomic E-state index is 12.6. The number of nitrogens with zero attached hydrogens (tertiary/aromatic N) is 3. The molecule has 7 nitrogen and oxygen atoms in total. The summed E-state index contributed by atoms with van der Waals surface area (Å²) in [6.07, 6.45) is 4.72. The topological polar surface area (TPSA) is 80.4 Å². The molecule has 2 amide bonds. The van der Waals surface area contributed by atoms with Gasteiger partial charge in [-0.2, -0.15) is 5.10 Å². The highest BCUT2D eigenvalue weighted by Crippen LogP contribution is 2.21. The summed E-state index contributed by atoms with van der Waals surface area (Å²) in [7, 11) is 0. The number of aromatic nitrogens is 2. The molecule has 7 heteroatoms. The molecular formula is C17H22N4O3. The molecule has 128 valence electrons. The molecule has 1 fully saturated rings. The first-order valence-electron chi connectivity index (χ1n) is 8.23. The van der Waals surface area contributed by atoms with Crippen molar-refractivity contribution in [2.24, 2.45) is 5.92 Å². The summed E-state index contributed by atoms with van der Waals surface area (Å²) in [6, 6.07) is 5.28. The van der Waals surface area contributed by atoms with E-state index in [2.05, 4.69) is 10.4 Å². The summed E-state index contributed by atoms with van der Waals surface area (Å²) in [5.74, 6) is 0.533. The van der Waals surface area contributed by atoms with Gasteiger partial charge in [0, 0.05) is 25.2 Å². The third-order valence-corrected chi connectivity index (χ3v) is 4.22. The monoisotopic (exact) mass is 330 g/mol. The summed E-state index contributed by atoms with van der Waals surface area (Å²) >= 11 is 0. The molecule has 3 heterocycles. The first-order chi connectivity index (χ1) is 11.6. The molecule has 0 aliphatic carbocycles. The van der Waals surface area contributed by atoms with Gasteiger partial charge >= 0.3 is 0 Å². The van der Waals surface area contributed by atoms with Crippen LogP contribution in [0.15, 0.2) is 35.1 Å². The average molecular weight is 330 g/mol. The summed E-state index contributed by atoms with van der Waals surface area (Å²) in [5, 5.41) is 7.15. The Balaban J connectivity index is 1.65. The van der Waals surface area contributed by atoms with Crippen LogP contribution in [0.5, 0.6) is 0 Å². The lowest BCUT2D eigenvalue weighted by molar-refractivity contribution is -0.121. The van der Waals surface area contributed by atoms with Crippen molar-refractivity contribution in [3.63, 3.8) is 0 Å². The van der Waals surface area contributed by atoms with Crippen molar-refractivity contribution in [1.29, 1.82) is 0 Å². The van der Waals surface area contributed by atoms with Gasteiger partial charge in [-0.3, -0.25) is 9.59 Å². The molecule has 0 aromatic carbocycles. The fourth-order valence-electron chi connectivity index (χ4n) is 2.98. The van der Waals surface area contributed by atoms with Gasteiger partial charge in [-0.25, -0.2) is 4.68 Å². The number of rotatable bonds is 4. The van der Waals surface area contributed by atoms with Crippen molar-refractivity contribution >= 4 is 17.6 Å². The van der Waals surface area contributed by atoms with Crippen molar-refractivity contribution in [3.8, 4) is 0 Å². The predicted molar refractivity (Wildman–Crippen MR) is 88.6 cm³/mol. The van der Waals surface area contributed by atoms with Crippen LogP contribution in [0.1, 0.15) is 43.3 Å². The van der Waals surface area contributed by atoms with Crippen LogP contribution < -0.4 is 5.32 Å². The Morgan fingerprint density at radius 3 is 2.92 bits per heavy atom. The molecule has 1 saturated heterocycles. The van der Waals surface area contributed by atoms with Crippen LogP contribution in [0.2, 0.25) is 0 Å². The largest absolute Gasteiger partial charge is 0.459 e. The van der Waals surface area contributed by atoms with Gasteiger partial charge in [0.15, 0.2) is 5.76 Å². The van der Waals surface area contributed by atoms with E-state index in [1.807, 2.05) is 13.8 Å². The van der Waals surface area contributed by atoms with Crippen LogP contribution >= 0.6 is 0 Å². The van der Waals surface area contributed by atoms with Gasteiger partial charge in [-0.15, -0.1) is 0 Å². The lowest BCUT2D eigenvalue weighted by atomic mass is 9.97.